The SMILES string of the molecule is CCCCCCCCCCCC(=O)NC(C)(C)C(N)=S. The van der Waals surface area contributed by atoms with Gasteiger partial charge < -0.3 is 11.1 Å². The fourth-order valence-corrected chi connectivity index (χ4v) is 2.12. The van der Waals surface area contributed by atoms with Crippen LogP contribution in [0.1, 0.15) is 85.0 Å². The molecule has 4 heteroatoms. The molecule has 20 heavy (non-hydrogen) atoms. The molecule has 0 fully saturated rings. The molecule has 0 aliphatic carbocycles. The van der Waals surface area contributed by atoms with Crippen LogP contribution in [0.25, 0.3) is 0 Å². The van der Waals surface area contributed by atoms with E-state index in [2.05, 4.69) is 12.2 Å². The van der Waals surface area contributed by atoms with Gasteiger partial charge in [0.1, 0.15) is 0 Å². The summed E-state index contributed by atoms with van der Waals surface area (Å²) in [6.07, 6.45) is 11.9. The summed E-state index contributed by atoms with van der Waals surface area (Å²) in [6.45, 7) is 5.91. The van der Waals surface area contributed by atoms with Crippen LogP contribution in [0, 0.1) is 0 Å². The maximum absolute atomic E-state index is 11.7. The number of thiocarbonyl (C=S) groups is 1. The lowest BCUT2D eigenvalue weighted by atomic mass is 10.0. The topological polar surface area (TPSA) is 55.1 Å². The molecule has 3 nitrogen and oxygen atoms in total. The van der Waals surface area contributed by atoms with Crippen molar-refractivity contribution < 1.29 is 4.79 Å². The lowest BCUT2D eigenvalue weighted by Gasteiger charge is -2.24. The predicted molar refractivity (Wildman–Crippen MR) is 90.9 cm³/mol. The van der Waals surface area contributed by atoms with E-state index in [4.69, 9.17) is 18.0 Å². The Morgan fingerprint density at radius 2 is 1.45 bits per heavy atom. The van der Waals surface area contributed by atoms with Crippen LogP contribution >= 0.6 is 12.2 Å². The van der Waals surface area contributed by atoms with Gasteiger partial charge in [0.05, 0.1) is 10.5 Å². The molecule has 0 heterocycles. The lowest BCUT2D eigenvalue weighted by Crippen LogP contribution is -2.52. The highest BCUT2D eigenvalue weighted by atomic mass is 32.1. The van der Waals surface area contributed by atoms with Crippen molar-refractivity contribution in [1.29, 1.82) is 0 Å². The van der Waals surface area contributed by atoms with E-state index in [0.29, 0.717) is 11.4 Å². The highest BCUT2D eigenvalue weighted by Gasteiger charge is 2.22. The van der Waals surface area contributed by atoms with Crippen molar-refractivity contribution >= 4 is 23.1 Å². The molecule has 0 bridgehead atoms. The van der Waals surface area contributed by atoms with E-state index in [-0.39, 0.29) is 5.91 Å². The fraction of sp³-hybridized carbons (Fsp3) is 0.875. The van der Waals surface area contributed by atoms with Crippen LogP contribution < -0.4 is 11.1 Å². The van der Waals surface area contributed by atoms with Crippen LogP contribution in [0.4, 0.5) is 0 Å². The molecule has 0 spiro atoms. The number of amides is 1. The fourth-order valence-electron chi connectivity index (χ4n) is 2.07. The van der Waals surface area contributed by atoms with Crippen LogP contribution in [-0.4, -0.2) is 16.4 Å². The summed E-state index contributed by atoms with van der Waals surface area (Å²) in [4.78, 5) is 12.1. The van der Waals surface area contributed by atoms with Crippen molar-refractivity contribution in [2.24, 2.45) is 5.73 Å². The number of unbranched alkanes of at least 4 members (excludes halogenated alkanes) is 8. The third-order valence-corrected chi connectivity index (χ3v) is 4.09. The Labute approximate surface area is 130 Å². The Balaban J connectivity index is 3.47. The number of nitrogens with one attached hydrogen (secondary N) is 1. The van der Waals surface area contributed by atoms with Crippen molar-refractivity contribution in [2.75, 3.05) is 0 Å². The maximum atomic E-state index is 11.7. The third kappa shape index (κ3) is 10.2. The predicted octanol–water partition coefficient (Wildman–Crippen LogP) is 4.09. The standard InChI is InChI=1S/C16H32N2OS/c1-4-5-6-7-8-9-10-11-12-13-14(19)18-16(2,3)15(17)20/h4-13H2,1-3H3,(H2,17,20)(H,18,19). The van der Waals surface area contributed by atoms with Crippen LogP contribution in [0.15, 0.2) is 0 Å². The normalized spacial score (nSPS) is 11.3. The molecule has 0 aromatic carbocycles. The molecule has 0 unspecified atom stereocenters. The molecular formula is C16H32N2OS. The molecule has 0 rings (SSSR count). The van der Waals surface area contributed by atoms with Gasteiger partial charge in [0.15, 0.2) is 0 Å². The number of rotatable bonds is 12. The van der Waals surface area contributed by atoms with Crippen molar-refractivity contribution in [3.63, 3.8) is 0 Å². The van der Waals surface area contributed by atoms with Crippen LogP contribution in [0.2, 0.25) is 0 Å². The van der Waals surface area contributed by atoms with Gasteiger partial charge in [-0.1, -0.05) is 70.5 Å². The number of hydrogen-bond donors (Lipinski definition) is 2. The van der Waals surface area contributed by atoms with Gasteiger partial charge in [-0.05, 0) is 20.3 Å². The summed E-state index contributed by atoms with van der Waals surface area (Å²) in [5.41, 5.74) is 5.00. The first-order chi connectivity index (χ1) is 9.40. The van der Waals surface area contributed by atoms with Gasteiger partial charge in [0.25, 0.3) is 0 Å². The van der Waals surface area contributed by atoms with Crippen molar-refractivity contribution in [1.82, 2.24) is 5.32 Å². The third-order valence-electron chi connectivity index (χ3n) is 3.58. The quantitative estimate of drug-likeness (QED) is 0.421. The first kappa shape index (κ1) is 19.4. The lowest BCUT2D eigenvalue weighted by molar-refractivity contribution is -0.122. The molecule has 0 radical (unpaired) electrons. The van der Waals surface area contributed by atoms with Gasteiger partial charge in [-0.25, -0.2) is 0 Å². The molecule has 3 N–H and O–H groups in total. The molecule has 118 valence electrons. The van der Waals surface area contributed by atoms with Gasteiger partial charge >= 0.3 is 0 Å². The Morgan fingerprint density at radius 3 is 1.90 bits per heavy atom. The van der Waals surface area contributed by atoms with E-state index in [9.17, 15) is 4.79 Å². The monoisotopic (exact) mass is 300 g/mol. The molecule has 0 aromatic heterocycles. The van der Waals surface area contributed by atoms with Gasteiger partial charge in [0, 0.05) is 6.42 Å². The minimum Gasteiger partial charge on any atom is -0.391 e. The first-order valence-electron chi connectivity index (χ1n) is 8.01. The molecule has 0 atom stereocenters. The van der Waals surface area contributed by atoms with Crippen molar-refractivity contribution in [3.05, 3.63) is 0 Å². The average Bonchev–Trinajstić information content (AvgIpc) is 2.36. The van der Waals surface area contributed by atoms with Crippen molar-refractivity contribution in [2.45, 2.75) is 90.5 Å². The Bertz CT molecular complexity index is 290. The van der Waals surface area contributed by atoms with E-state index >= 15 is 0 Å². The summed E-state index contributed by atoms with van der Waals surface area (Å²) < 4.78 is 0. The number of carbonyl (C=O) groups excluding carboxylic acids is 1. The molecule has 0 aliphatic heterocycles. The molecular weight excluding hydrogens is 268 g/mol. The van der Waals surface area contributed by atoms with Crippen molar-refractivity contribution in [3.8, 4) is 0 Å². The zero-order valence-corrected chi connectivity index (χ0v) is 14.3. The second-order valence-corrected chi connectivity index (χ2v) is 6.56. The van der Waals surface area contributed by atoms with E-state index in [1.54, 1.807) is 0 Å². The molecule has 0 aromatic rings. The highest BCUT2D eigenvalue weighted by molar-refractivity contribution is 7.80. The maximum Gasteiger partial charge on any atom is 0.220 e. The van der Waals surface area contributed by atoms with Crippen LogP contribution in [0.5, 0.6) is 0 Å². The summed E-state index contributed by atoms with van der Waals surface area (Å²) in [6, 6.07) is 0. The largest absolute Gasteiger partial charge is 0.391 e. The van der Waals surface area contributed by atoms with Gasteiger partial charge in [-0.3, -0.25) is 4.79 Å². The Kier molecular flexibility index (Phi) is 10.7. The van der Waals surface area contributed by atoms with E-state index < -0.39 is 5.54 Å². The minimum absolute atomic E-state index is 0.0470. The van der Waals surface area contributed by atoms with Gasteiger partial charge in [-0.15, -0.1) is 0 Å². The summed E-state index contributed by atoms with van der Waals surface area (Å²) in [5, 5.41) is 2.88. The van der Waals surface area contributed by atoms with Crippen LogP contribution in [-0.2, 0) is 4.79 Å². The molecule has 0 aliphatic rings. The number of carbonyl (C=O) groups is 1. The number of nitrogens with two attached hydrogens (primary N) is 1. The molecule has 1 amide bonds. The number of hydrogen-bond acceptors (Lipinski definition) is 2. The smallest absolute Gasteiger partial charge is 0.220 e. The highest BCUT2D eigenvalue weighted by Crippen LogP contribution is 2.11. The average molecular weight is 301 g/mol. The summed E-state index contributed by atoms with van der Waals surface area (Å²) >= 11 is 4.93. The summed E-state index contributed by atoms with van der Waals surface area (Å²) in [5.74, 6) is 0.0470. The zero-order chi connectivity index (χ0) is 15.4. The zero-order valence-electron chi connectivity index (χ0n) is 13.5. The van der Waals surface area contributed by atoms with Gasteiger partial charge in [0.2, 0.25) is 5.91 Å². The first-order valence-corrected chi connectivity index (χ1v) is 8.42. The Hall–Kier alpha value is -0.640. The summed E-state index contributed by atoms with van der Waals surface area (Å²) in [7, 11) is 0. The molecule has 0 saturated carbocycles. The van der Waals surface area contributed by atoms with Gasteiger partial charge in [-0.2, -0.15) is 0 Å². The second kappa shape index (κ2) is 11.1. The Morgan fingerprint density at radius 1 is 1.00 bits per heavy atom. The minimum atomic E-state index is -0.578. The van der Waals surface area contributed by atoms with E-state index in [1.807, 2.05) is 13.8 Å². The molecule has 0 saturated heterocycles. The van der Waals surface area contributed by atoms with E-state index in [0.717, 1.165) is 12.8 Å². The van der Waals surface area contributed by atoms with E-state index in [1.165, 1.54) is 44.9 Å². The second-order valence-electron chi connectivity index (χ2n) is 6.12. The van der Waals surface area contributed by atoms with Crippen LogP contribution in [0.3, 0.4) is 0 Å².